The summed E-state index contributed by atoms with van der Waals surface area (Å²) in [6.07, 6.45) is 1.52. The van der Waals surface area contributed by atoms with E-state index in [0.29, 0.717) is 5.75 Å². The third-order valence-electron chi connectivity index (χ3n) is 3.06. The highest BCUT2D eigenvalue weighted by atomic mass is 19.3. The Morgan fingerprint density at radius 2 is 2.12 bits per heavy atom. The van der Waals surface area contributed by atoms with Crippen LogP contribution in [0.2, 0.25) is 0 Å². The van der Waals surface area contributed by atoms with E-state index < -0.39 is 12.5 Å². The lowest BCUT2D eigenvalue weighted by molar-refractivity contribution is -0.0558. The molecule has 0 aliphatic carbocycles. The Kier molecular flexibility index (Phi) is 2.86. The molecule has 2 rings (SSSR count). The van der Waals surface area contributed by atoms with Crippen molar-refractivity contribution in [1.29, 1.82) is 0 Å². The first-order chi connectivity index (χ1) is 7.84. The molecule has 0 amide bonds. The highest BCUT2D eigenvalue weighted by Crippen LogP contribution is 2.36. The van der Waals surface area contributed by atoms with Crippen molar-refractivity contribution >= 4 is 0 Å². The molecule has 0 unspecified atom stereocenters. The van der Waals surface area contributed by atoms with Crippen LogP contribution in [-0.4, -0.2) is 17.3 Å². The second-order valence-electron chi connectivity index (χ2n) is 5.05. The maximum Gasteiger partial charge on any atom is 0.295 e. The van der Waals surface area contributed by atoms with Crippen LogP contribution in [0.3, 0.4) is 0 Å². The van der Waals surface area contributed by atoms with Gasteiger partial charge in [0, 0.05) is 5.56 Å². The van der Waals surface area contributed by atoms with Gasteiger partial charge >= 0.3 is 0 Å². The van der Waals surface area contributed by atoms with Crippen LogP contribution in [-0.2, 0) is 12.3 Å². The summed E-state index contributed by atoms with van der Waals surface area (Å²) in [4.78, 5) is 0. The van der Waals surface area contributed by atoms with Crippen LogP contribution in [0.5, 0.6) is 5.75 Å². The molecule has 0 saturated carbocycles. The Morgan fingerprint density at radius 1 is 1.41 bits per heavy atom. The number of aryl methyl sites for hydroxylation is 1. The molecule has 1 aromatic carbocycles. The number of hydrogen-bond donors (Lipinski definition) is 1. The van der Waals surface area contributed by atoms with E-state index in [0.717, 1.165) is 18.4 Å². The van der Waals surface area contributed by atoms with Crippen LogP contribution >= 0.6 is 0 Å². The molecule has 4 heteroatoms. The minimum absolute atomic E-state index is 0.151. The summed E-state index contributed by atoms with van der Waals surface area (Å²) in [5.41, 5.74) is 0.394. The minimum Gasteiger partial charge on any atom is -0.488 e. The molecular weight excluding hydrogens is 226 g/mol. The van der Waals surface area contributed by atoms with Gasteiger partial charge in [0.05, 0.1) is 0 Å². The number of aliphatic hydroxyl groups is 1. The summed E-state index contributed by atoms with van der Waals surface area (Å²) in [5.74, 6) is -2.51. The van der Waals surface area contributed by atoms with E-state index >= 15 is 0 Å². The van der Waals surface area contributed by atoms with Crippen molar-refractivity contribution in [2.75, 3.05) is 6.61 Å². The molecule has 94 valence electrons. The van der Waals surface area contributed by atoms with Crippen molar-refractivity contribution in [3.63, 3.8) is 0 Å². The highest BCUT2D eigenvalue weighted by Gasteiger charge is 2.33. The van der Waals surface area contributed by atoms with Crippen LogP contribution in [0.1, 0.15) is 31.4 Å². The van der Waals surface area contributed by atoms with Crippen molar-refractivity contribution < 1.29 is 18.6 Å². The van der Waals surface area contributed by atoms with Crippen LogP contribution < -0.4 is 4.74 Å². The zero-order chi connectivity index (χ0) is 12.7. The molecule has 1 aliphatic heterocycles. The Bertz CT molecular complexity index is 427. The smallest absolute Gasteiger partial charge is 0.295 e. The molecule has 0 spiro atoms. The molecular formula is C13H16F2O2. The Balaban J connectivity index is 2.34. The third kappa shape index (κ3) is 2.41. The molecule has 1 aromatic rings. The average molecular weight is 242 g/mol. The van der Waals surface area contributed by atoms with Gasteiger partial charge in [0.2, 0.25) is 0 Å². The van der Waals surface area contributed by atoms with E-state index in [9.17, 15) is 8.78 Å². The lowest BCUT2D eigenvalue weighted by atomic mass is 9.92. The quantitative estimate of drug-likeness (QED) is 0.864. The van der Waals surface area contributed by atoms with Gasteiger partial charge in [-0.2, -0.15) is 8.78 Å². The number of fused-ring (bicyclic) bond motifs is 1. The first-order valence-corrected chi connectivity index (χ1v) is 5.65. The number of ether oxygens (including phenoxy) is 1. The van der Waals surface area contributed by atoms with Gasteiger partial charge in [0.15, 0.2) is 0 Å². The Hall–Kier alpha value is -1.16. The minimum atomic E-state index is -3.18. The van der Waals surface area contributed by atoms with E-state index in [2.05, 4.69) is 0 Å². The van der Waals surface area contributed by atoms with Gasteiger partial charge in [-0.15, -0.1) is 0 Å². The van der Waals surface area contributed by atoms with E-state index in [1.54, 1.807) is 6.07 Å². The van der Waals surface area contributed by atoms with Gasteiger partial charge in [-0.3, -0.25) is 0 Å². The molecule has 1 aliphatic rings. The van der Waals surface area contributed by atoms with E-state index in [1.807, 2.05) is 13.8 Å². The van der Waals surface area contributed by atoms with Gasteiger partial charge in [0.25, 0.3) is 5.92 Å². The van der Waals surface area contributed by atoms with Crippen molar-refractivity contribution in [2.45, 2.75) is 38.2 Å². The maximum absolute atomic E-state index is 13.3. The first kappa shape index (κ1) is 12.3. The predicted octanol–water partition coefficient (Wildman–Crippen LogP) is 2.87. The molecule has 0 aromatic heterocycles. The first-order valence-electron chi connectivity index (χ1n) is 5.65. The lowest BCUT2D eigenvalue weighted by Crippen LogP contribution is -2.32. The molecule has 2 nitrogen and oxygen atoms in total. The summed E-state index contributed by atoms with van der Waals surface area (Å²) in [7, 11) is 0. The fourth-order valence-electron chi connectivity index (χ4n) is 1.98. The SMILES string of the molecule is CC1(C)CCc2cc(C(F)(F)CO)ccc2O1. The number of aliphatic hydroxyl groups excluding tert-OH is 1. The fourth-order valence-corrected chi connectivity index (χ4v) is 1.98. The number of benzene rings is 1. The molecule has 0 saturated heterocycles. The third-order valence-corrected chi connectivity index (χ3v) is 3.06. The molecule has 17 heavy (non-hydrogen) atoms. The number of rotatable bonds is 2. The van der Waals surface area contributed by atoms with Crippen LogP contribution in [0.15, 0.2) is 18.2 Å². The molecule has 1 heterocycles. The maximum atomic E-state index is 13.3. The van der Waals surface area contributed by atoms with E-state index in [1.165, 1.54) is 12.1 Å². The van der Waals surface area contributed by atoms with E-state index in [-0.39, 0.29) is 11.2 Å². The monoisotopic (exact) mass is 242 g/mol. The second kappa shape index (κ2) is 3.95. The zero-order valence-electron chi connectivity index (χ0n) is 9.96. The highest BCUT2D eigenvalue weighted by molar-refractivity contribution is 5.40. The van der Waals surface area contributed by atoms with Gasteiger partial charge in [0.1, 0.15) is 18.0 Å². The van der Waals surface area contributed by atoms with Gasteiger partial charge in [-0.25, -0.2) is 0 Å². The average Bonchev–Trinajstić information content (AvgIpc) is 2.27. The van der Waals surface area contributed by atoms with Crippen LogP contribution in [0, 0.1) is 0 Å². The van der Waals surface area contributed by atoms with Crippen LogP contribution in [0.25, 0.3) is 0 Å². The van der Waals surface area contributed by atoms with Crippen molar-refractivity contribution in [2.24, 2.45) is 0 Å². The number of hydrogen-bond acceptors (Lipinski definition) is 2. The van der Waals surface area contributed by atoms with Gasteiger partial charge in [-0.1, -0.05) is 0 Å². The Labute approximate surface area is 99.2 Å². The normalized spacial score (nSPS) is 18.4. The molecule has 0 atom stereocenters. The molecule has 0 radical (unpaired) electrons. The number of alkyl halides is 2. The summed E-state index contributed by atoms with van der Waals surface area (Å²) < 4.78 is 32.3. The van der Waals surface area contributed by atoms with E-state index in [4.69, 9.17) is 9.84 Å². The van der Waals surface area contributed by atoms with Crippen LogP contribution in [0.4, 0.5) is 8.78 Å². The van der Waals surface area contributed by atoms with Crippen molar-refractivity contribution in [1.82, 2.24) is 0 Å². The molecule has 0 fully saturated rings. The predicted molar refractivity (Wildman–Crippen MR) is 60.4 cm³/mol. The zero-order valence-corrected chi connectivity index (χ0v) is 9.96. The molecule has 0 bridgehead atoms. The summed E-state index contributed by atoms with van der Waals surface area (Å²) in [5, 5.41) is 8.65. The summed E-state index contributed by atoms with van der Waals surface area (Å²) in [6.45, 7) is 2.79. The largest absolute Gasteiger partial charge is 0.488 e. The standard InChI is InChI=1S/C13H16F2O2/c1-12(2)6-5-9-7-10(13(14,15)8-16)3-4-11(9)17-12/h3-4,7,16H,5-6,8H2,1-2H3. The van der Waals surface area contributed by atoms with Gasteiger partial charge in [-0.05, 0) is 50.5 Å². The Morgan fingerprint density at radius 3 is 2.76 bits per heavy atom. The number of halogens is 2. The van der Waals surface area contributed by atoms with Gasteiger partial charge < -0.3 is 9.84 Å². The lowest BCUT2D eigenvalue weighted by Gasteiger charge is -2.33. The van der Waals surface area contributed by atoms with Crippen molar-refractivity contribution in [3.05, 3.63) is 29.3 Å². The second-order valence-corrected chi connectivity index (χ2v) is 5.05. The fraction of sp³-hybridized carbons (Fsp3) is 0.538. The molecule has 1 N–H and O–H groups in total. The summed E-state index contributed by atoms with van der Waals surface area (Å²) in [6, 6.07) is 4.31. The topological polar surface area (TPSA) is 29.5 Å². The van der Waals surface area contributed by atoms with Crippen molar-refractivity contribution in [3.8, 4) is 5.75 Å². The summed E-state index contributed by atoms with van der Waals surface area (Å²) >= 11 is 0.